The molecular formula is C10H15N3O3. The van der Waals surface area contributed by atoms with E-state index in [0.29, 0.717) is 44.1 Å². The summed E-state index contributed by atoms with van der Waals surface area (Å²) < 4.78 is 4.94. The number of rotatable bonds is 4. The van der Waals surface area contributed by atoms with Gasteiger partial charge in [-0.15, -0.1) is 0 Å². The predicted molar refractivity (Wildman–Crippen MR) is 54.6 cm³/mol. The van der Waals surface area contributed by atoms with Crippen LogP contribution in [0.3, 0.4) is 0 Å². The van der Waals surface area contributed by atoms with Crippen LogP contribution >= 0.6 is 0 Å². The first kappa shape index (κ1) is 11.1. The van der Waals surface area contributed by atoms with Gasteiger partial charge in [0.1, 0.15) is 0 Å². The van der Waals surface area contributed by atoms with Crippen LogP contribution in [0, 0.1) is 6.92 Å². The molecule has 1 aromatic heterocycles. The molecule has 0 bridgehead atoms. The number of likely N-dealkylation sites (tertiary alicyclic amines) is 1. The summed E-state index contributed by atoms with van der Waals surface area (Å²) in [5.41, 5.74) is 0. The zero-order valence-electron chi connectivity index (χ0n) is 9.22. The molecule has 1 aliphatic heterocycles. The molecular weight excluding hydrogens is 210 g/mol. The van der Waals surface area contributed by atoms with Crippen molar-refractivity contribution in [2.75, 3.05) is 13.1 Å². The molecule has 6 nitrogen and oxygen atoms in total. The molecule has 1 fully saturated rings. The van der Waals surface area contributed by atoms with Crippen molar-refractivity contribution >= 4 is 5.91 Å². The second-order valence-electron chi connectivity index (χ2n) is 4.04. The molecule has 0 saturated carbocycles. The summed E-state index contributed by atoms with van der Waals surface area (Å²) in [6, 6.07) is 0. The van der Waals surface area contributed by atoms with Crippen LogP contribution in [-0.2, 0) is 11.2 Å². The lowest BCUT2D eigenvalue weighted by molar-refractivity contribution is -0.141. The van der Waals surface area contributed by atoms with Crippen molar-refractivity contribution in [3.8, 4) is 0 Å². The molecule has 1 aromatic rings. The van der Waals surface area contributed by atoms with Crippen molar-refractivity contribution in [1.29, 1.82) is 0 Å². The minimum atomic E-state index is -0.331. The minimum absolute atomic E-state index is 0.0848. The number of amides is 1. The number of hydrogen-bond donors (Lipinski definition) is 1. The van der Waals surface area contributed by atoms with Gasteiger partial charge in [-0.2, -0.15) is 4.98 Å². The van der Waals surface area contributed by atoms with Gasteiger partial charge >= 0.3 is 0 Å². The van der Waals surface area contributed by atoms with Crippen LogP contribution in [0.2, 0.25) is 0 Å². The number of aryl methyl sites for hydroxylation is 2. The number of aliphatic hydroxyl groups is 1. The van der Waals surface area contributed by atoms with Crippen LogP contribution < -0.4 is 0 Å². The molecule has 6 heteroatoms. The summed E-state index contributed by atoms with van der Waals surface area (Å²) in [5, 5.41) is 12.7. The number of carbonyl (C=O) groups excluding carboxylic acids is 1. The smallest absolute Gasteiger partial charge is 0.226 e. The van der Waals surface area contributed by atoms with Crippen molar-refractivity contribution in [3.05, 3.63) is 11.7 Å². The number of carbonyl (C=O) groups is 1. The Kier molecular flexibility index (Phi) is 3.19. The van der Waals surface area contributed by atoms with E-state index in [1.54, 1.807) is 11.8 Å². The SMILES string of the molecule is Cc1noc(CCCC(=O)N2CC(O)C2)n1. The first-order valence-corrected chi connectivity index (χ1v) is 5.40. The summed E-state index contributed by atoms with van der Waals surface area (Å²) in [6.07, 6.45) is 1.46. The Hall–Kier alpha value is -1.43. The maximum atomic E-state index is 11.5. The second-order valence-corrected chi connectivity index (χ2v) is 4.04. The summed E-state index contributed by atoms with van der Waals surface area (Å²) in [5.74, 6) is 1.28. The number of nitrogens with zero attached hydrogens (tertiary/aromatic N) is 3. The van der Waals surface area contributed by atoms with E-state index in [4.69, 9.17) is 9.63 Å². The van der Waals surface area contributed by atoms with E-state index < -0.39 is 0 Å². The third-order valence-electron chi connectivity index (χ3n) is 2.57. The Morgan fingerprint density at radius 2 is 2.38 bits per heavy atom. The lowest BCUT2D eigenvalue weighted by Gasteiger charge is -2.35. The molecule has 0 unspecified atom stereocenters. The fourth-order valence-electron chi connectivity index (χ4n) is 1.65. The normalized spacial score (nSPS) is 16.2. The standard InChI is InChI=1S/C10H15N3O3/c1-7-11-9(16-12-7)3-2-4-10(15)13-5-8(14)6-13/h8,14H,2-6H2,1H3. The highest BCUT2D eigenvalue weighted by atomic mass is 16.5. The molecule has 1 aliphatic rings. The molecule has 1 saturated heterocycles. The van der Waals surface area contributed by atoms with Gasteiger partial charge in [-0.3, -0.25) is 4.79 Å². The van der Waals surface area contributed by atoms with E-state index >= 15 is 0 Å². The Labute approximate surface area is 93.2 Å². The molecule has 2 rings (SSSR count). The number of β-amino-alcohol motifs (C(OH)–C–C–N with tert-alkyl or cyclic N) is 1. The van der Waals surface area contributed by atoms with Crippen LogP contribution in [0.25, 0.3) is 0 Å². The van der Waals surface area contributed by atoms with Crippen LogP contribution in [0.5, 0.6) is 0 Å². The van der Waals surface area contributed by atoms with Crippen molar-refractivity contribution in [2.45, 2.75) is 32.3 Å². The fourth-order valence-corrected chi connectivity index (χ4v) is 1.65. The Balaban J connectivity index is 1.66. The van der Waals surface area contributed by atoms with E-state index in [-0.39, 0.29) is 12.0 Å². The highest BCUT2D eigenvalue weighted by molar-refractivity contribution is 5.77. The van der Waals surface area contributed by atoms with E-state index in [9.17, 15) is 4.79 Å². The Morgan fingerprint density at radius 3 is 2.94 bits per heavy atom. The first-order valence-electron chi connectivity index (χ1n) is 5.40. The maximum Gasteiger partial charge on any atom is 0.226 e. The molecule has 1 N–H and O–H groups in total. The van der Waals surface area contributed by atoms with Crippen molar-refractivity contribution in [1.82, 2.24) is 15.0 Å². The monoisotopic (exact) mass is 225 g/mol. The second kappa shape index (κ2) is 4.61. The molecule has 16 heavy (non-hydrogen) atoms. The van der Waals surface area contributed by atoms with Gasteiger partial charge in [0.05, 0.1) is 6.10 Å². The van der Waals surface area contributed by atoms with Gasteiger partial charge in [0.2, 0.25) is 11.8 Å². The average molecular weight is 225 g/mol. The zero-order valence-corrected chi connectivity index (χ0v) is 9.22. The third-order valence-corrected chi connectivity index (χ3v) is 2.57. The largest absolute Gasteiger partial charge is 0.389 e. The summed E-state index contributed by atoms with van der Waals surface area (Å²) in [6.45, 7) is 2.70. The van der Waals surface area contributed by atoms with E-state index in [1.165, 1.54) is 0 Å². The maximum absolute atomic E-state index is 11.5. The molecule has 0 atom stereocenters. The third kappa shape index (κ3) is 2.57. The molecule has 1 amide bonds. The predicted octanol–water partition coefficient (Wildman–Crippen LogP) is -0.0962. The van der Waals surface area contributed by atoms with E-state index in [1.807, 2.05) is 0 Å². The molecule has 0 aliphatic carbocycles. The summed E-state index contributed by atoms with van der Waals surface area (Å²) in [7, 11) is 0. The van der Waals surface area contributed by atoms with Crippen LogP contribution in [0.15, 0.2) is 4.52 Å². The number of aromatic nitrogens is 2. The number of aliphatic hydroxyl groups excluding tert-OH is 1. The topological polar surface area (TPSA) is 79.5 Å². The quantitative estimate of drug-likeness (QED) is 0.774. The van der Waals surface area contributed by atoms with Gasteiger partial charge in [0.25, 0.3) is 0 Å². The van der Waals surface area contributed by atoms with Gasteiger partial charge in [-0.05, 0) is 13.3 Å². The highest BCUT2D eigenvalue weighted by Gasteiger charge is 2.27. The van der Waals surface area contributed by atoms with E-state index in [2.05, 4.69) is 10.1 Å². The van der Waals surface area contributed by atoms with Crippen molar-refractivity contribution in [3.63, 3.8) is 0 Å². The van der Waals surface area contributed by atoms with Crippen LogP contribution in [0.1, 0.15) is 24.6 Å². The summed E-state index contributed by atoms with van der Waals surface area (Å²) >= 11 is 0. The van der Waals surface area contributed by atoms with Crippen molar-refractivity contribution < 1.29 is 14.4 Å². The van der Waals surface area contributed by atoms with Crippen LogP contribution in [0.4, 0.5) is 0 Å². The summed E-state index contributed by atoms with van der Waals surface area (Å²) in [4.78, 5) is 17.2. The number of hydrogen-bond acceptors (Lipinski definition) is 5. The van der Waals surface area contributed by atoms with Gasteiger partial charge in [-0.1, -0.05) is 5.16 Å². The molecule has 88 valence electrons. The lowest BCUT2D eigenvalue weighted by atomic mass is 10.1. The van der Waals surface area contributed by atoms with Gasteiger partial charge in [-0.25, -0.2) is 0 Å². The molecule has 0 spiro atoms. The Bertz CT molecular complexity index is 371. The first-order chi connectivity index (χ1) is 7.65. The van der Waals surface area contributed by atoms with Gasteiger partial charge < -0.3 is 14.5 Å². The molecule has 0 aromatic carbocycles. The Morgan fingerprint density at radius 1 is 1.62 bits per heavy atom. The molecule has 2 heterocycles. The zero-order chi connectivity index (χ0) is 11.5. The fraction of sp³-hybridized carbons (Fsp3) is 0.700. The lowest BCUT2D eigenvalue weighted by Crippen LogP contribution is -2.53. The van der Waals surface area contributed by atoms with Gasteiger partial charge in [0.15, 0.2) is 5.82 Å². The average Bonchev–Trinajstić information content (AvgIpc) is 2.59. The molecule has 0 radical (unpaired) electrons. The van der Waals surface area contributed by atoms with Crippen LogP contribution in [-0.4, -0.2) is 45.2 Å². The highest BCUT2D eigenvalue weighted by Crippen LogP contribution is 2.11. The van der Waals surface area contributed by atoms with Crippen molar-refractivity contribution in [2.24, 2.45) is 0 Å². The minimum Gasteiger partial charge on any atom is -0.389 e. The van der Waals surface area contributed by atoms with Gasteiger partial charge in [0, 0.05) is 25.9 Å². The van der Waals surface area contributed by atoms with E-state index in [0.717, 1.165) is 0 Å².